The highest BCUT2D eigenvalue weighted by Gasteiger charge is 2.31. The van der Waals surface area contributed by atoms with E-state index in [1.807, 2.05) is 0 Å². The molecule has 0 aliphatic rings. The Balaban J connectivity index is 2.43. The molecule has 0 bridgehead atoms. The number of rotatable bonds is 2. The number of halogens is 3. The Morgan fingerprint density at radius 1 is 1.17 bits per heavy atom. The van der Waals surface area contributed by atoms with Gasteiger partial charge in [0.25, 0.3) is 5.56 Å². The summed E-state index contributed by atoms with van der Waals surface area (Å²) in [5, 5.41) is 0. The number of alkyl halides is 3. The van der Waals surface area contributed by atoms with Gasteiger partial charge in [0.05, 0.1) is 9.20 Å². The molecular weight excluding hydrogens is 329 g/mol. The third-order valence-corrected chi connectivity index (χ3v) is 3.95. The Morgan fingerprint density at radius 3 is 2.35 bits per heavy atom. The average molecular weight is 344 g/mol. The number of nitrogens with one attached hydrogen (secondary N) is 2. The number of thiazole rings is 1. The van der Waals surface area contributed by atoms with Gasteiger partial charge in [-0.25, -0.2) is 0 Å². The number of aromatic nitrogens is 2. The lowest BCUT2D eigenvalue weighted by Gasteiger charge is -2.12. The third kappa shape index (κ3) is 4.22. The van der Waals surface area contributed by atoms with Crippen molar-refractivity contribution < 1.29 is 18.0 Å². The van der Waals surface area contributed by atoms with Gasteiger partial charge in [0, 0.05) is 17.2 Å². The fraction of sp³-hybridized carbons (Fsp3) is 0.333. The maximum atomic E-state index is 12.5. The molecule has 4 nitrogen and oxygen atoms in total. The fourth-order valence-corrected chi connectivity index (χ4v) is 2.54. The van der Waals surface area contributed by atoms with E-state index in [1.165, 1.54) is 18.2 Å². The van der Waals surface area contributed by atoms with Crippen molar-refractivity contribution in [1.29, 1.82) is 0 Å². The quantitative estimate of drug-likeness (QED) is 0.875. The highest BCUT2D eigenvalue weighted by molar-refractivity contribution is 7.07. The fourth-order valence-electron chi connectivity index (χ4n) is 1.66. The molecule has 2 heterocycles. The van der Waals surface area contributed by atoms with Gasteiger partial charge in [-0.05, 0) is 18.2 Å². The predicted molar refractivity (Wildman–Crippen MR) is 82.5 cm³/mol. The molecule has 0 fully saturated rings. The number of hydrogen-bond donors (Lipinski definition) is 2. The summed E-state index contributed by atoms with van der Waals surface area (Å²) in [5.74, 6) is -0.152. The van der Waals surface area contributed by atoms with Crippen LogP contribution < -0.4 is 14.8 Å². The molecule has 2 aromatic heterocycles. The molecular formula is C15H15F3N2O2S. The zero-order valence-electron chi connectivity index (χ0n) is 12.7. The number of hydrogen-bond acceptors (Lipinski definition) is 3. The lowest BCUT2D eigenvalue weighted by molar-refractivity contribution is -0.140. The highest BCUT2D eigenvalue weighted by atomic mass is 32.1. The van der Waals surface area contributed by atoms with Crippen LogP contribution in [0, 0.1) is 5.41 Å². The third-order valence-electron chi connectivity index (χ3n) is 2.98. The standard InChI is InChI=1S/C15H15F3N2O2S/c1-14(2,3)11(21)7-12-20-13(22)9(23-12)6-8-4-5-10(19-8)15(16,17)18/h4-7,19H,1-3H3,(H,20,22)/b9-6+,12-7+. The van der Waals surface area contributed by atoms with E-state index in [0.717, 1.165) is 17.4 Å². The summed E-state index contributed by atoms with van der Waals surface area (Å²) >= 11 is 1.01. The van der Waals surface area contributed by atoms with Crippen molar-refractivity contribution in [2.75, 3.05) is 0 Å². The lowest BCUT2D eigenvalue weighted by Crippen LogP contribution is -2.22. The van der Waals surface area contributed by atoms with Crippen LogP contribution in [-0.2, 0) is 11.0 Å². The summed E-state index contributed by atoms with van der Waals surface area (Å²) in [6, 6.07) is 2.15. The molecule has 0 amide bonds. The molecule has 0 spiro atoms. The average Bonchev–Trinajstić information content (AvgIpc) is 2.96. The Hall–Kier alpha value is -2.09. The molecule has 8 heteroatoms. The lowest BCUT2D eigenvalue weighted by atomic mass is 9.91. The minimum Gasteiger partial charge on any atom is -0.351 e. The van der Waals surface area contributed by atoms with E-state index in [1.54, 1.807) is 20.8 Å². The first-order valence-electron chi connectivity index (χ1n) is 6.70. The van der Waals surface area contributed by atoms with Crippen molar-refractivity contribution in [2.24, 2.45) is 5.41 Å². The second-order valence-electron chi connectivity index (χ2n) is 6.01. The van der Waals surface area contributed by atoms with Crippen molar-refractivity contribution in [3.05, 3.63) is 43.1 Å². The van der Waals surface area contributed by atoms with Crippen molar-refractivity contribution in [2.45, 2.75) is 26.9 Å². The van der Waals surface area contributed by atoms with Gasteiger partial charge in [0.2, 0.25) is 0 Å². The first-order chi connectivity index (χ1) is 10.5. The second-order valence-corrected chi connectivity index (χ2v) is 7.10. The number of ketones is 1. The molecule has 2 aromatic rings. The molecule has 0 saturated carbocycles. The SMILES string of the molecule is CC(C)(C)C(=O)/C=c1\[nH]c(=O)/c(=C\c2ccc(C(F)(F)F)[nH]2)s1. The molecule has 0 aliphatic carbocycles. The van der Waals surface area contributed by atoms with E-state index >= 15 is 0 Å². The Labute approximate surface area is 133 Å². The normalized spacial score (nSPS) is 14.5. The van der Waals surface area contributed by atoms with Gasteiger partial charge in [0.1, 0.15) is 5.69 Å². The minimum atomic E-state index is -4.47. The molecule has 2 rings (SSSR count). The first-order valence-corrected chi connectivity index (χ1v) is 7.52. The van der Waals surface area contributed by atoms with Crippen LogP contribution in [0.25, 0.3) is 12.2 Å². The monoisotopic (exact) mass is 344 g/mol. The van der Waals surface area contributed by atoms with Crippen LogP contribution in [0.4, 0.5) is 13.2 Å². The van der Waals surface area contributed by atoms with Crippen LogP contribution in [0.1, 0.15) is 32.2 Å². The van der Waals surface area contributed by atoms with Crippen molar-refractivity contribution in [1.82, 2.24) is 9.97 Å². The minimum absolute atomic E-state index is 0.152. The molecule has 124 valence electrons. The van der Waals surface area contributed by atoms with E-state index in [2.05, 4.69) is 9.97 Å². The highest BCUT2D eigenvalue weighted by Crippen LogP contribution is 2.28. The molecule has 0 unspecified atom stereocenters. The predicted octanol–water partition coefficient (Wildman–Crippen LogP) is 2.01. The van der Waals surface area contributed by atoms with Gasteiger partial charge in [-0.2, -0.15) is 13.2 Å². The van der Waals surface area contributed by atoms with Crippen LogP contribution in [0.3, 0.4) is 0 Å². The summed E-state index contributed by atoms with van der Waals surface area (Å²) < 4.78 is 38.2. The Bertz CT molecular complexity index is 895. The second kappa shape index (κ2) is 5.84. The zero-order chi connectivity index (χ0) is 17.4. The van der Waals surface area contributed by atoms with Crippen molar-refractivity contribution in [3.63, 3.8) is 0 Å². The molecule has 0 aliphatic heterocycles. The van der Waals surface area contributed by atoms with E-state index in [9.17, 15) is 22.8 Å². The first kappa shape index (κ1) is 17.3. The molecule has 0 aromatic carbocycles. The number of H-pyrrole nitrogens is 2. The van der Waals surface area contributed by atoms with Gasteiger partial charge in [-0.15, -0.1) is 11.3 Å². The largest absolute Gasteiger partial charge is 0.431 e. The topological polar surface area (TPSA) is 65.7 Å². The van der Waals surface area contributed by atoms with Crippen LogP contribution in [0.2, 0.25) is 0 Å². The van der Waals surface area contributed by atoms with Crippen LogP contribution in [0.5, 0.6) is 0 Å². The van der Waals surface area contributed by atoms with Crippen LogP contribution in [-0.4, -0.2) is 15.8 Å². The van der Waals surface area contributed by atoms with Gasteiger partial charge >= 0.3 is 6.18 Å². The molecule has 2 N–H and O–H groups in total. The van der Waals surface area contributed by atoms with Gasteiger partial charge < -0.3 is 9.97 Å². The van der Waals surface area contributed by atoms with E-state index in [4.69, 9.17) is 0 Å². The number of carbonyl (C=O) groups excluding carboxylic acids is 1. The number of Topliss-reactive ketones (excluding diaryl/α,β-unsaturated/α-hetero) is 1. The number of carbonyl (C=O) groups is 1. The summed E-state index contributed by atoms with van der Waals surface area (Å²) in [5.41, 5.74) is -1.75. The Morgan fingerprint density at radius 2 is 1.83 bits per heavy atom. The van der Waals surface area contributed by atoms with E-state index in [-0.39, 0.29) is 16.0 Å². The summed E-state index contributed by atoms with van der Waals surface area (Å²) in [6.07, 6.45) is -1.82. The summed E-state index contributed by atoms with van der Waals surface area (Å²) in [4.78, 5) is 28.5. The van der Waals surface area contributed by atoms with Crippen LogP contribution in [0.15, 0.2) is 16.9 Å². The zero-order valence-corrected chi connectivity index (χ0v) is 13.5. The molecule has 23 heavy (non-hydrogen) atoms. The van der Waals surface area contributed by atoms with Crippen molar-refractivity contribution >= 4 is 29.3 Å². The smallest absolute Gasteiger partial charge is 0.351 e. The molecule has 0 saturated heterocycles. The molecule has 0 radical (unpaired) electrons. The maximum Gasteiger partial charge on any atom is 0.431 e. The molecule has 0 atom stereocenters. The maximum absolute atomic E-state index is 12.5. The van der Waals surface area contributed by atoms with E-state index < -0.39 is 22.8 Å². The van der Waals surface area contributed by atoms with Crippen molar-refractivity contribution in [3.8, 4) is 0 Å². The van der Waals surface area contributed by atoms with Gasteiger partial charge in [-0.1, -0.05) is 20.8 Å². The van der Waals surface area contributed by atoms with E-state index in [0.29, 0.717) is 4.66 Å². The Kier molecular flexibility index (Phi) is 4.39. The van der Waals surface area contributed by atoms with Gasteiger partial charge in [0.15, 0.2) is 5.78 Å². The summed E-state index contributed by atoms with van der Waals surface area (Å²) in [7, 11) is 0. The van der Waals surface area contributed by atoms with Gasteiger partial charge in [-0.3, -0.25) is 9.59 Å². The van der Waals surface area contributed by atoms with Crippen LogP contribution >= 0.6 is 11.3 Å². The number of aromatic amines is 2. The summed E-state index contributed by atoms with van der Waals surface area (Å²) in [6.45, 7) is 5.26.